The van der Waals surface area contributed by atoms with Gasteiger partial charge in [0.25, 0.3) is 0 Å². The van der Waals surface area contributed by atoms with Crippen LogP contribution in [0, 0.1) is 6.92 Å². The molecule has 0 amide bonds. The summed E-state index contributed by atoms with van der Waals surface area (Å²) in [5.41, 5.74) is 5.05. The van der Waals surface area contributed by atoms with E-state index in [1.54, 1.807) is 31.4 Å². The molecular weight excluding hydrogens is 340 g/mol. The van der Waals surface area contributed by atoms with E-state index in [4.69, 9.17) is 4.74 Å². The number of rotatable bonds is 5. The smallest absolute Gasteiger partial charge is 0.240 e. The maximum absolute atomic E-state index is 11.5. The summed E-state index contributed by atoms with van der Waals surface area (Å²) in [6, 6.07) is 14.5. The molecule has 136 valence electrons. The quantitative estimate of drug-likeness (QED) is 0.625. The lowest BCUT2D eigenvalue weighted by molar-refractivity contribution is 0.100. The van der Waals surface area contributed by atoms with Gasteiger partial charge in [0.15, 0.2) is 11.6 Å². The summed E-state index contributed by atoms with van der Waals surface area (Å²) in [4.78, 5) is 32.2. The molecule has 0 atom stereocenters. The van der Waals surface area contributed by atoms with Crippen molar-refractivity contribution in [2.45, 2.75) is 20.8 Å². The van der Waals surface area contributed by atoms with Crippen LogP contribution in [0.2, 0.25) is 0 Å². The van der Waals surface area contributed by atoms with Gasteiger partial charge in [0.1, 0.15) is 5.69 Å². The SMILES string of the molecule is COc1nc(-c2ccc(C(C)=O)cc2)c(C)nc1-c1ccc(C(C)=O)cc1. The number of aromatic nitrogens is 2. The Hall–Kier alpha value is -3.34. The maximum atomic E-state index is 11.5. The van der Waals surface area contributed by atoms with E-state index in [0.29, 0.717) is 28.4 Å². The molecule has 0 fully saturated rings. The molecule has 2 aromatic carbocycles. The highest BCUT2D eigenvalue weighted by atomic mass is 16.5. The van der Waals surface area contributed by atoms with Gasteiger partial charge in [0.2, 0.25) is 5.88 Å². The zero-order valence-electron chi connectivity index (χ0n) is 15.7. The van der Waals surface area contributed by atoms with E-state index in [9.17, 15) is 9.59 Å². The Morgan fingerprint density at radius 3 is 1.59 bits per heavy atom. The second-order valence-electron chi connectivity index (χ2n) is 6.28. The summed E-state index contributed by atoms with van der Waals surface area (Å²) in [7, 11) is 1.55. The molecule has 0 unspecified atom stereocenters. The Balaban J connectivity index is 2.05. The van der Waals surface area contributed by atoms with Gasteiger partial charge < -0.3 is 4.74 Å². The molecule has 0 N–H and O–H groups in total. The molecule has 0 bridgehead atoms. The van der Waals surface area contributed by atoms with Crippen LogP contribution in [0.4, 0.5) is 0 Å². The van der Waals surface area contributed by atoms with Gasteiger partial charge in [0, 0.05) is 22.3 Å². The lowest BCUT2D eigenvalue weighted by Gasteiger charge is -2.12. The van der Waals surface area contributed by atoms with Crippen molar-refractivity contribution in [1.29, 1.82) is 0 Å². The van der Waals surface area contributed by atoms with E-state index in [0.717, 1.165) is 16.8 Å². The van der Waals surface area contributed by atoms with Crippen LogP contribution in [0.3, 0.4) is 0 Å². The summed E-state index contributed by atoms with van der Waals surface area (Å²) in [5.74, 6) is 0.438. The molecule has 3 rings (SSSR count). The number of aryl methyl sites for hydroxylation is 1. The molecule has 27 heavy (non-hydrogen) atoms. The Labute approximate surface area is 158 Å². The minimum absolute atomic E-state index is 0.0140. The highest BCUT2D eigenvalue weighted by Crippen LogP contribution is 2.31. The van der Waals surface area contributed by atoms with Crippen LogP contribution in [0.1, 0.15) is 40.3 Å². The molecule has 0 saturated heterocycles. The first-order valence-corrected chi connectivity index (χ1v) is 8.56. The number of benzene rings is 2. The first-order valence-electron chi connectivity index (χ1n) is 8.56. The number of nitrogens with zero attached hydrogens (tertiary/aromatic N) is 2. The predicted octanol–water partition coefficient (Wildman–Crippen LogP) is 4.53. The molecule has 0 aliphatic rings. The standard InChI is InChI=1S/C22H20N2O3/c1-13-20(18-9-5-16(6-10-18)14(2)25)24-22(27-4)21(23-13)19-11-7-17(8-12-19)15(3)26/h5-12H,1-4H3. The van der Waals surface area contributed by atoms with Crippen LogP contribution in [-0.2, 0) is 0 Å². The fourth-order valence-electron chi connectivity index (χ4n) is 2.83. The van der Waals surface area contributed by atoms with Crippen LogP contribution in [0.25, 0.3) is 22.5 Å². The number of hydrogen-bond donors (Lipinski definition) is 0. The third-order valence-electron chi connectivity index (χ3n) is 4.36. The lowest BCUT2D eigenvalue weighted by atomic mass is 10.0. The molecule has 5 nitrogen and oxygen atoms in total. The number of ether oxygens (including phenoxy) is 1. The highest BCUT2D eigenvalue weighted by Gasteiger charge is 2.15. The van der Waals surface area contributed by atoms with Crippen molar-refractivity contribution in [2.75, 3.05) is 7.11 Å². The van der Waals surface area contributed by atoms with Crippen molar-refractivity contribution in [1.82, 2.24) is 9.97 Å². The molecule has 1 aromatic heterocycles. The predicted molar refractivity (Wildman–Crippen MR) is 104 cm³/mol. The number of hydrogen-bond acceptors (Lipinski definition) is 5. The van der Waals surface area contributed by atoms with Crippen LogP contribution in [0.15, 0.2) is 48.5 Å². The Bertz CT molecular complexity index is 1010. The summed E-state index contributed by atoms with van der Waals surface area (Å²) in [5, 5.41) is 0. The van der Waals surface area contributed by atoms with Gasteiger partial charge >= 0.3 is 0 Å². The number of ketones is 2. The Morgan fingerprint density at radius 2 is 1.19 bits per heavy atom. The van der Waals surface area contributed by atoms with Gasteiger partial charge in [-0.1, -0.05) is 48.5 Å². The van der Waals surface area contributed by atoms with Crippen molar-refractivity contribution < 1.29 is 14.3 Å². The summed E-state index contributed by atoms with van der Waals surface area (Å²) < 4.78 is 5.46. The molecule has 0 saturated carbocycles. The fraction of sp³-hybridized carbons (Fsp3) is 0.182. The third kappa shape index (κ3) is 3.77. The first kappa shape index (κ1) is 18.5. The maximum Gasteiger partial charge on any atom is 0.240 e. The minimum atomic E-state index is 0.0140. The molecule has 0 aliphatic heterocycles. The van der Waals surface area contributed by atoms with Crippen molar-refractivity contribution in [3.8, 4) is 28.4 Å². The zero-order valence-corrected chi connectivity index (χ0v) is 15.7. The summed E-state index contributed by atoms with van der Waals surface area (Å²) >= 11 is 0. The van der Waals surface area contributed by atoms with E-state index in [-0.39, 0.29) is 11.6 Å². The van der Waals surface area contributed by atoms with Gasteiger partial charge in [-0.2, -0.15) is 0 Å². The number of Topliss-reactive ketones (excluding diaryl/α,β-unsaturated/α-hetero) is 2. The molecule has 0 spiro atoms. The van der Waals surface area contributed by atoms with Gasteiger partial charge in [-0.3, -0.25) is 9.59 Å². The Kier molecular flexibility index (Phi) is 5.12. The molecule has 0 aliphatic carbocycles. The van der Waals surface area contributed by atoms with Crippen LogP contribution < -0.4 is 4.74 Å². The lowest BCUT2D eigenvalue weighted by Crippen LogP contribution is -2.01. The fourth-order valence-corrected chi connectivity index (χ4v) is 2.83. The zero-order chi connectivity index (χ0) is 19.6. The van der Waals surface area contributed by atoms with E-state index < -0.39 is 0 Å². The second-order valence-corrected chi connectivity index (χ2v) is 6.28. The second kappa shape index (κ2) is 7.50. The van der Waals surface area contributed by atoms with Crippen molar-refractivity contribution in [3.05, 3.63) is 65.4 Å². The third-order valence-corrected chi connectivity index (χ3v) is 4.36. The van der Waals surface area contributed by atoms with Gasteiger partial charge in [-0.25, -0.2) is 9.97 Å². The number of carbonyl (C=O) groups is 2. The monoisotopic (exact) mass is 360 g/mol. The average molecular weight is 360 g/mol. The number of carbonyl (C=O) groups excluding carboxylic acids is 2. The number of methoxy groups -OCH3 is 1. The molecule has 1 heterocycles. The van der Waals surface area contributed by atoms with E-state index in [1.807, 2.05) is 31.2 Å². The largest absolute Gasteiger partial charge is 0.479 e. The molecule has 5 heteroatoms. The van der Waals surface area contributed by atoms with Gasteiger partial charge in [0.05, 0.1) is 18.5 Å². The van der Waals surface area contributed by atoms with Crippen LogP contribution in [0.5, 0.6) is 5.88 Å². The normalized spacial score (nSPS) is 10.5. The Morgan fingerprint density at radius 1 is 0.741 bits per heavy atom. The molecule has 3 aromatic rings. The van der Waals surface area contributed by atoms with Gasteiger partial charge in [-0.05, 0) is 20.8 Å². The molecule has 0 radical (unpaired) electrons. The van der Waals surface area contributed by atoms with Crippen LogP contribution >= 0.6 is 0 Å². The van der Waals surface area contributed by atoms with Crippen molar-refractivity contribution >= 4 is 11.6 Å². The topological polar surface area (TPSA) is 69.2 Å². The summed E-state index contributed by atoms with van der Waals surface area (Å²) in [6.07, 6.45) is 0. The first-order chi connectivity index (χ1) is 12.9. The minimum Gasteiger partial charge on any atom is -0.479 e. The summed E-state index contributed by atoms with van der Waals surface area (Å²) in [6.45, 7) is 4.95. The van der Waals surface area contributed by atoms with Crippen molar-refractivity contribution in [3.63, 3.8) is 0 Å². The average Bonchev–Trinajstić information content (AvgIpc) is 2.68. The van der Waals surface area contributed by atoms with Crippen LogP contribution in [-0.4, -0.2) is 28.6 Å². The van der Waals surface area contributed by atoms with Gasteiger partial charge in [-0.15, -0.1) is 0 Å². The van der Waals surface area contributed by atoms with E-state index in [1.165, 1.54) is 13.8 Å². The van der Waals surface area contributed by atoms with Crippen molar-refractivity contribution in [2.24, 2.45) is 0 Å². The highest BCUT2D eigenvalue weighted by molar-refractivity contribution is 5.95. The van der Waals surface area contributed by atoms with E-state index in [2.05, 4.69) is 9.97 Å². The van der Waals surface area contributed by atoms with E-state index >= 15 is 0 Å². The molecular formula is C22H20N2O3.